The molecule has 18 heteroatoms. The van der Waals surface area contributed by atoms with E-state index in [4.69, 9.17) is 65.8 Å². The molecule has 3 aliphatic heterocycles. The molecule has 9 rings (SSSR count). The van der Waals surface area contributed by atoms with Crippen LogP contribution in [0.3, 0.4) is 0 Å². The van der Waals surface area contributed by atoms with Gasteiger partial charge in [-0.25, -0.2) is 19.9 Å². The van der Waals surface area contributed by atoms with Crippen LogP contribution in [0.2, 0.25) is 20.1 Å². The van der Waals surface area contributed by atoms with Crippen molar-refractivity contribution < 1.29 is 19.1 Å². The predicted octanol–water partition coefficient (Wildman–Crippen LogP) is 7.74. The number of benzene rings is 4. The molecule has 0 saturated carbocycles. The maximum absolute atomic E-state index is 14.6. The van der Waals surface area contributed by atoms with Crippen molar-refractivity contribution in [3.63, 3.8) is 0 Å². The lowest BCUT2D eigenvalue weighted by Gasteiger charge is -2.35. The lowest BCUT2D eigenvalue weighted by molar-refractivity contribution is -0.136. The Morgan fingerprint density at radius 2 is 1.27 bits per heavy atom. The summed E-state index contributed by atoms with van der Waals surface area (Å²) in [6.45, 7) is 3.47. The third-order valence-corrected chi connectivity index (χ3v) is 12.6. The fraction of sp³-hybridized carbons (Fsp3) is 0.318. The molecule has 3 fully saturated rings. The molecule has 3 aliphatic rings. The summed E-state index contributed by atoms with van der Waals surface area (Å²) in [5.74, 6) is 0.0223. The number of fused-ring (bicyclic) bond motifs is 4. The zero-order chi connectivity index (χ0) is 43.1. The van der Waals surface area contributed by atoms with Crippen molar-refractivity contribution in [3.8, 4) is 11.5 Å². The van der Waals surface area contributed by atoms with Gasteiger partial charge in [0.25, 0.3) is 11.8 Å². The fourth-order valence-corrected chi connectivity index (χ4v) is 9.14. The Balaban J connectivity index is 1.00. The van der Waals surface area contributed by atoms with Crippen molar-refractivity contribution in [1.29, 1.82) is 0 Å². The third-order valence-electron chi connectivity index (χ3n) is 11.5. The molecular weight excluding hydrogens is 874 g/mol. The molecule has 2 amide bonds. The second kappa shape index (κ2) is 17.9. The number of piperazine rings is 1. The summed E-state index contributed by atoms with van der Waals surface area (Å²) in [7, 11) is 4.21. The van der Waals surface area contributed by atoms with E-state index in [1.165, 1.54) is 24.3 Å². The number of hydrogen-bond acceptors (Lipinski definition) is 12. The van der Waals surface area contributed by atoms with E-state index in [1.807, 2.05) is 12.1 Å². The Kier molecular flexibility index (Phi) is 12.1. The van der Waals surface area contributed by atoms with Crippen molar-refractivity contribution in [1.82, 2.24) is 30.2 Å². The standard InChI is InChI=1S/C44H42Cl4N10O4/c1-56(2)31-11-13-57(14-12-31)43-50-20-24-15-28(5-7-35(24)54-43)52-41(59)39(61-37-9-3-26(45)17-33(37)47)40(62-38-10-4-27(46)18-34(38)48)42(60)53-29-6-8-36-25(16-29)21-51-44(55-36)58-23-30-19-32(58)22-49-30/h3-10,15-18,20-21,30-32,39-40,49H,11-14,19,22-23H2,1-2H3,(H,52,59)(H,53,60). The van der Waals surface area contributed by atoms with Gasteiger partial charge in [-0.3, -0.25) is 9.59 Å². The van der Waals surface area contributed by atoms with Crippen LogP contribution in [0, 0.1) is 0 Å². The van der Waals surface area contributed by atoms with Gasteiger partial charge in [-0.05, 0) is 106 Å². The fourth-order valence-electron chi connectivity index (χ4n) is 8.23. The van der Waals surface area contributed by atoms with E-state index in [2.05, 4.69) is 54.7 Å². The summed E-state index contributed by atoms with van der Waals surface area (Å²) < 4.78 is 12.6. The second-order valence-corrected chi connectivity index (χ2v) is 17.6. The maximum Gasteiger partial charge on any atom is 0.269 e. The van der Waals surface area contributed by atoms with E-state index in [-0.39, 0.29) is 21.5 Å². The van der Waals surface area contributed by atoms with Crippen molar-refractivity contribution in [2.75, 3.05) is 60.7 Å². The van der Waals surface area contributed by atoms with Gasteiger partial charge >= 0.3 is 0 Å². The minimum atomic E-state index is -1.66. The largest absolute Gasteiger partial charge is 0.474 e. The van der Waals surface area contributed by atoms with Gasteiger partial charge in [0.2, 0.25) is 24.1 Å². The minimum Gasteiger partial charge on any atom is -0.474 e. The second-order valence-electron chi connectivity index (χ2n) is 15.9. The van der Waals surface area contributed by atoms with E-state index < -0.39 is 24.0 Å². The maximum atomic E-state index is 14.6. The number of rotatable bonds is 12. The zero-order valence-electron chi connectivity index (χ0n) is 33.7. The van der Waals surface area contributed by atoms with E-state index in [1.54, 1.807) is 48.8 Å². The summed E-state index contributed by atoms with van der Waals surface area (Å²) in [5, 5.41) is 11.6. The molecular formula is C44H42Cl4N10O4. The lowest BCUT2D eigenvalue weighted by atomic mass is 10.0. The molecule has 3 saturated heterocycles. The molecule has 4 aromatic carbocycles. The molecule has 320 valence electrons. The van der Waals surface area contributed by atoms with Gasteiger partial charge in [-0.1, -0.05) is 46.4 Å². The summed E-state index contributed by atoms with van der Waals surface area (Å²) in [6.07, 6.45) is 3.27. The number of carbonyl (C=O) groups is 2. The summed E-state index contributed by atoms with van der Waals surface area (Å²) in [5.41, 5.74) is 2.22. The number of amides is 2. The molecule has 2 bridgehead atoms. The van der Waals surface area contributed by atoms with Crippen LogP contribution in [-0.2, 0) is 9.59 Å². The molecule has 4 atom stereocenters. The molecule has 14 nitrogen and oxygen atoms in total. The molecule has 2 aromatic heterocycles. The molecule has 0 aliphatic carbocycles. The van der Waals surface area contributed by atoms with Crippen molar-refractivity contribution in [2.24, 2.45) is 0 Å². The molecule has 6 aromatic rings. The van der Waals surface area contributed by atoms with Crippen LogP contribution in [0.5, 0.6) is 11.5 Å². The third kappa shape index (κ3) is 9.12. The van der Waals surface area contributed by atoms with E-state index in [9.17, 15) is 9.59 Å². The zero-order valence-corrected chi connectivity index (χ0v) is 36.7. The number of nitrogens with one attached hydrogen (secondary N) is 3. The summed E-state index contributed by atoms with van der Waals surface area (Å²) >= 11 is 25.6. The number of ether oxygens (including phenoxy) is 2. The van der Waals surface area contributed by atoms with Crippen LogP contribution in [-0.4, -0.2) is 107 Å². The van der Waals surface area contributed by atoms with Crippen LogP contribution in [0.4, 0.5) is 23.3 Å². The van der Waals surface area contributed by atoms with E-state index >= 15 is 0 Å². The number of carbonyl (C=O) groups excluding carboxylic acids is 2. The minimum absolute atomic E-state index is 0.0783. The van der Waals surface area contributed by atoms with Gasteiger partial charge < -0.3 is 40.1 Å². The Hall–Kier alpha value is -5.22. The monoisotopic (exact) mass is 914 g/mol. The van der Waals surface area contributed by atoms with E-state index in [0.29, 0.717) is 73.2 Å². The highest BCUT2D eigenvalue weighted by Gasteiger charge is 2.40. The molecule has 3 N–H and O–H groups in total. The highest BCUT2D eigenvalue weighted by atomic mass is 35.5. The molecule has 0 spiro atoms. The van der Waals surface area contributed by atoms with Crippen LogP contribution in [0.1, 0.15) is 19.3 Å². The van der Waals surface area contributed by atoms with Gasteiger partial charge in [0.1, 0.15) is 11.5 Å². The van der Waals surface area contributed by atoms with Crippen molar-refractivity contribution >= 4 is 103 Å². The van der Waals surface area contributed by atoms with Crippen LogP contribution in [0.15, 0.2) is 85.2 Å². The number of halogens is 4. The normalized spacial score (nSPS) is 18.6. The number of piperidine rings is 1. The van der Waals surface area contributed by atoms with Crippen molar-refractivity contribution in [3.05, 3.63) is 105 Å². The van der Waals surface area contributed by atoms with Gasteiger partial charge in [-0.2, -0.15) is 0 Å². The van der Waals surface area contributed by atoms with Gasteiger partial charge in [0.15, 0.2) is 0 Å². The van der Waals surface area contributed by atoms with Gasteiger partial charge in [0.05, 0.1) is 21.1 Å². The Morgan fingerprint density at radius 3 is 1.76 bits per heavy atom. The number of aromatic nitrogens is 4. The predicted molar refractivity (Wildman–Crippen MR) is 245 cm³/mol. The quantitative estimate of drug-likeness (QED) is 0.110. The molecule has 5 heterocycles. The average Bonchev–Trinajstić information content (AvgIpc) is 3.91. The smallest absolute Gasteiger partial charge is 0.269 e. The van der Waals surface area contributed by atoms with Crippen LogP contribution < -0.4 is 35.2 Å². The highest BCUT2D eigenvalue weighted by Crippen LogP contribution is 2.34. The highest BCUT2D eigenvalue weighted by molar-refractivity contribution is 6.36. The van der Waals surface area contributed by atoms with Crippen LogP contribution >= 0.6 is 46.4 Å². The number of anilines is 4. The average molecular weight is 917 g/mol. The molecule has 0 radical (unpaired) electrons. The van der Waals surface area contributed by atoms with Gasteiger partial charge in [0, 0.05) is 88.9 Å². The summed E-state index contributed by atoms with van der Waals surface area (Å²) in [6, 6.07) is 20.9. The van der Waals surface area contributed by atoms with E-state index in [0.717, 1.165) is 45.4 Å². The topological polar surface area (TPSA) is 150 Å². The first-order valence-corrected chi connectivity index (χ1v) is 21.8. The first-order chi connectivity index (χ1) is 29.9. The molecule has 4 unspecified atom stereocenters. The van der Waals surface area contributed by atoms with Crippen LogP contribution in [0.25, 0.3) is 21.8 Å². The number of nitrogens with zero attached hydrogens (tertiary/aromatic N) is 7. The lowest BCUT2D eigenvalue weighted by Crippen LogP contribution is -2.51. The molecule has 62 heavy (non-hydrogen) atoms. The Morgan fingerprint density at radius 1 is 0.742 bits per heavy atom. The number of hydrogen-bond donors (Lipinski definition) is 3. The van der Waals surface area contributed by atoms with Gasteiger partial charge in [-0.15, -0.1) is 0 Å². The first-order valence-electron chi connectivity index (χ1n) is 20.2. The van der Waals surface area contributed by atoms with Crippen molar-refractivity contribution in [2.45, 2.75) is 49.6 Å². The Bertz CT molecular complexity index is 2670. The Labute approximate surface area is 377 Å². The SMILES string of the molecule is CN(C)C1CCN(c2ncc3cc(NC(=O)C(Oc4ccc(Cl)cc4Cl)C(Oc4ccc(Cl)cc4Cl)C(=O)Nc4ccc5nc(N6CC7CC6CN7)ncc5c4)ccc3n2)CC1. The summed E-state index contributed by atoms with van der Waals surface area (Å²) in [4.78, 5) is 54.8. The first kappa shape index (κ1) is 42.1.